The van der Waals surface area contributed by atoms with Crippen LogP contribution in [0.2, 0.25) is 39.3 Å². The van der Waals surface area contributed by atoms with Crippen LogP contribution in [0.3, 0.4) is 0 Å². The fourth-order valence-electron chi connectivity index (χ4n) is 7.83. The summed E-state index contributed by atoms with van der Waals surface area (Å²) in [6, 6.07) is 40.8. The summed E-state index contributed by atoms with van der Waals surface area (Å²) >= 11 is -0.826. The van der Waals surface area contributed by atoms with Gasteiger partial charge >= 0.3 is 37.9 Å². The van der Waals surface area contributed by atoms with E-state index in [-0.39, 0.29) is 0 Å². The zero-order valence-electron chi connectivity index (χ0n) is 38.8. The molecule has 0 fully saturated rings. The summed E-state index contributed by atoms with van der Waals surface area (Å²) in [4.78, 5) is 0. The number of fused-ring (bicyclic) bond motifs is 2. The maximum atomic E-state index is 5.98. The van der Waals surface area contributed by atoms with E-state index in [0.717, 1.165) is 12.8 Å². The molecule has 314 valence electrons. The zero-order chi connectivity index (χ0) is 44.1. The summed E-state index contributed by atoms with van der Waals surface area (Å²) < 4.78 is 2.15. The fourth-order valence-corrected chi connectivity index (χ4v) is 15.9. The molecule has 0 saturated heterocycles. The second-order valence-electron chi connectivity index (χ2n) is 19.1. The normalized spacial score (nSPS) is 12.7. The van der Waals surface area contributed by atoms with Crippen molar-refractivity contribution in [3.63, 3.8) is 0 Å². The number of nitrogens with zero attached hydrogens (tertiary/aromatic N) is 1. The van der Waals surface area contributed by atoms with Gasteiger partial charge in [0.05, 0.1) is 0 Å². The Morgan fingerprint density at radius 3 is 1.15 bits per heavy atom. The van der Waals surface area contributed by atoms with E-state index < -0.39 is 37.3 Å². The van der Waals surface area contributed by atoms with Crippen LogP contribution in [0.4, 0.5) is 0 Å². The molecule has 59 heavy (non-hydrogen) atoms. The molecule has 0 aliphatic heterocycles. The monoisotopic (exact) mass is 937 g/mol. The van der Waals surface area contributed by atoms with Gasteiger partial charge in [-0.3, -0.25) is 0 Å². The van der Waals surface area contributed by atoms with Crippen molar-refractivity contribution in [3.05, 3.63) is 131 Å². The molecule has 1 nitrogen and oxygen atoms in total. The van der Waals surface area contributed by atoms with Crippen LogP contribution in [0.1, 0.15) is 102 Å². The Balaban J connectivity index is 0.000000245. The van der Waals surface area contributed by atoms with Crippen LogP contribution in [0.25, 0.3) is 43.8 Å². The minimum absolute atomic E-state index is 0.626. The first-order chi connectivity index (χ1) is 27.8. The van der Waals surface area contributed by atoms with Crippen molar-refractivity contribution in [2.75, 3.05) is 0 Å². The standard InChI is InChI=1S/2C23H27.C6H18BNSi2.2ClH.Zr/c2*1-5-17(4)20-14-19-10-8-12-22(23(19)15-20)21-11-7-6-9-18(21)13-16(2)3;1-9(2,3)8(7)10(4,5)6;;;/h2*6-12,14-17H,5,13H2,1-4H3;1-6H3;2*1H;/q2*-1;;;;+4/p-2. The molecule has 6 rings (SSSR count). The van der Waals surface area contributed by atoms with Gasteiger partial charge < -0.3 is 4.14 Å². The molecule has 2 radical (unpaired) electrons. The molecule has 0 bridgehead atoms. The molecule has 0 aromatic heterocycles. The Morgan fingerprint density at radius 1 is 0.542 bits per heavy atom. The van der Waals surface area contributed by atoms with Gasteiger partial charge in [-0.1, -0.05) is 179 Å². The van der Waals surface area contributed by atoms with Gasteiger partial charge in [-0.05, 0) is 58.8 Å². The summed E-state index contributed by atoms with van der Waals surface area (Å²) in [5.41, 5.74) is 11.4. The van der Waals surface area contributed by atoms with Gasteiger partial charge in [-0.2, -0.15) is 12.1 Å². The molecule has 0 spiro atoms. The van der Waals surface area contributed by atoms with Crippen LogP contribution in [0, 0.1) is 11.8 Å². The first kappa shape index (κ1) is 51.4. The molecule has 7 heteroatoms. The molecule has 2 unspecified atom stereocenters. The molecule has 0 saturated carbocycles. The van der Waals surface area contributed by atoms with Gasteiger partial charge in [-0.15, -0.1) is 69.1 Å². The van der Waals surface area contributed by atoms with Crippen LogP contribution in [-0.2, 0) is 33.7 Å². The zero-order valence-corrected chi connectivity index (χ0v) is 44.8. The predicted octanol–water partition coefficient (Wildman–Crippen LogP) is 17.3. The van der Waals surface area contributed by atoms with Gasteiger partial charge in [-0.25, -0.2) is 0 Å². The van der Waals surface area contributed by atoms with Crippen molar-refractivity contribution in [2.24, 2.45) is 11.8 Å². The van der Waals surface area contributed by atoms with Gasteiger partial charge in [0.15, 0.2) is 7.98 Å². The SMILES string of the molecule is CCC(C)c1cc2c(-c3ccccc3CC(C)C)cccc2[cH-]1.CCC(C)c1cc2c(-c3ccccc3CC(C)C)cccc2[cH-]1.[B]N([Si](C)(C)C)[Si](C)(C)C.[Cl][Zr+2][Cl]. The van der Waals surface area contributed by atoms with E-state index in [2.05, 4.69) is 208 Å². The number of rotatable bonds is 12. The molecular formula is C52H72BCl2NSi2Zr. The van der Waals surface area contributed by atoms with Crippen LogP contribution in [0.15, 0.2) is 109 Å². The second-order valence-corrected chi connectivity index (χ2v) is 32.9. The Kier molecular flexibility index (Phi) is 20.9. The third kappa shape index (κ3) is 15.1. The van der Waals surface area contributed by atoms with E-state index in [9.17, 15) is 0 Å². The summed E-state index contributed by atoms with van der Waals surface area (Å²) in [5, 5.41) is 5.55. The maximum absolute atomic E-state index is 5.98. The van der Waals surface area contributed by atoms with E-state index in [4.69, 9.17) is 25.0 Å². The second kappa shape index (κ2) is 24.0. The predicted molar refractivity (Wildman–Crippen MR) is 270 cm³/mol. The third-order valence-electron chi connectivity index (χ3n) is 11.2. The topological polar surface area (TPSA) is 3.24 Å². The van der Waals surface area contributed by atoms with Crippen LogP contribution in [0.5, 0.6) is 0 Å². The molecule has 0 N–H and O–H groups in total. The Hall–Kier alpha value is -1.98. The van der Waals surface area contributed by atoms with E-state index in [0.29, 0.717) is 23.7 Å². The van der Waals surface area contributed by atoms with Crippen LogP contribution < -0.4 is 0 Å². The van der Waals surface area contributed by atoms with Gasteiger partial charge in [0.2, 0.25) is 0 Å². The van der Waals surface area contributed by atoms with E-state index in [1.54, 1.807) is 0 Å². The fraction of sp³-hybridized carbons (Fsp3) is 0.423. The molecule has 0 heterocycles. The summed E-state index contributed by atoms with van der Waals surface area (Å²) in [7, 11) is 13.4. The van der Waals surface area contributed by atoms with E-state index in [1.807, 2.05) is 0 Å². The molecular weight excluding hydrogens is 868 g/mol. The Morgan fingerprint density at radius 2 is 0.864 bits per heavy atom. The molecule has 2 atom stereocenters. The van der Waals surface area contributed by atoms with Crippen molar-refractivity contribution in [3.8, 4) is 22.3 Å². The van der Waals surface area contributed by atoms with Crippen LogP contribution in [-0.4, -0.2) is 28.6 Å². The van der Waals surface area contributed by atoms with Crippen molar-refractivity contribution < 1.29 is 20.8 Å². The third-order valence-corrected chi connectivity index (χ3v) is 18.1. The summed E-state index contributed by atoms with van der Waals surface area (Å²) in [6.45, 7) is 32.0. The number of hydrogen-bond acceptors (Lipinski definition) is 1. The number of hydrogen-bond donors (Lipinski definition) is 0. The number of benzene rings is 4. The van der Waals surface area contributed by atoms with Crippen molar-refractivity contribution in [1.29, 1.82) is 0 Å². The Labute approximate surface area is 382 Å². The average molecular weight is 940 g/mol. The molecule has 0 aliphatic rings. The molecule has 6 aromatic rings. The van der Waals surface area contributed by atoms with Crippen molar-refractivity contribution >= 4 is 63.0 Å². The molecule has 6 aromatic carbocycles. The summed E-state index contributed by atoms with van der Waals surface area (Å²) in [5.74, 6) is 2.60. The summed E-state index contributed by atoms with van der Waals surface area (Å²) in [6.07, 6.45) is 4.64. The first-order valence-corrected chi connectivity index (χ1v) is 35.1. The van der Waals surface area contributed by atoms with Gasteiger partial charge in [0.25, 0.3) is 0 Å². The molecule has 0 aliphatic carbocycles. The minimum atomic E-state index is -1.22. The van der Waals surface area contributed by atoms with Gasteiger partial charge in [0, 0.05) is 0 Å². The van der Waals surface area contributed by atoms with Gasteiger partial charge in [0.1, 0.15) is 16.5 Å². The van der Waals surface area contributed by atoms with Crippen molar-refractivity contribution in [1.82, 2.24) is 4.14 Å². The number of halogens is 2. The first-order valence-electron chi connectivity index (χ1n) is 21.8. The Bertz CT molecular complexity index is 2000. The van der Waals surface area contributed by atoms with Crippen molar-refractivity contribution in [2.45, 2.75) is 132 Å². The van der Waals surface area contributed by atoms with Crippen LogP contribution >= 0.6 is 17.0 Å². The average Bonchev–Trinajstić information content (AvgIpc) is 3.83. The quantitative estimate of drug-likeness (QED) is 0.0873. The molecule has 0 amide bonds. The van der Waals surface area contributed by atoms with E-state index in [1.165, 1.54) is 78.9 Å². The van der Waals surface area contributed by atoms with E-state index >= 15 is 0 Å².